The van der Waals surface area contributed by atoms with Gasteiger partial charge in [0.1, 0.15) is 18.2 Å². The van der Waals surface area contributed by atoms with Gasteiger partial charge in [-0.1, -0.05) is 29.8 Å². The predicted octanol–water partition coefficient (Wildman–Crippen LogP) is 6.37. The van der Waals surface area contributed by atoms with Gasteiger partial charge in [0.05, 0.1) is 27.9 Å². The number of hydrogen-bond acceptors (Lipinski definition) is 7. The van der Waals surface area contributed by atoms with E-state index in [2.05, 4.69) is 19.7 Å². The highest BCUT2D eigenvalue weighted by molar-refractivity contribution is 7.90. The first-order chi connectivity index (χ1) is 20.5. The molecule has 0 saturated carbocycles. The van der Waals surface area contributed by atoms with Gasteiger partial charge in [-0.2, -0.15) is 36.9 Å². The summed E-state index contributed by atoms with van der Waals surface area (Å²) >= 11 is 6.46. The lowest BCUT2D eigenvalue weighted by molar-refractivity contribution is -0.137. The number of benzene rings is 3. The zero-order valence-electron chi connectivity index (χ0n) is 22.2. The van der Waals surface area contributed by atoms with Gasteiger partial charge in [-0.15, -0.1) is 4.40 Å². The fraction of sp³-hybridized carbons (Fsp3) is 0.103. The minimum Gasteiger partial charge on any atom is -0.455 e. The average molecular weight is 628 g/mol. The van der Waals surface area contributed by atoms with Crippen molar-refractivity contribution >= 4 is 21.6 Å². The minimum atomic E-state index is -4.45. The Morgan fingerprint density at radius 2 is 1.63 bits per heavy atom. The number of ether oxygens (including phenoxy) is 2. The molecule has 43 heavy (non-hydrogen) atoms. The molecule has 5 aromatic rings. The van der Waals surface area contributed by atoms with Gasteiger partial charge in [0.25, 0.3) is 10.0 Å². The molecule has 9 nitrogen and oxygen atoms in total. The summed E-state index contributed by atoms with van der Waals surface area (Å²) in [4.78, 5) is -0.172. The molecular formula is C29H21ClF3N5O4S. The van der Waals surface area contributed by atoms with Crippen molar-refractivity contribution in [3.8, 4) is 33.8 Å². The van der Waals surface area contributed by atoms with Crippen LogP contribution in [0.5, 0.6) is 11.5 Å². The van der Waals surface area contributed by atoms with Gasteiger partial charge in [0.15, 0.2) is 5.49 Å². The Balaban J connectivity index is 1.49. The van der Waals surface area contributed by atoms with Crippen LogP contribution < -0.4 is 10.2 Å². The third-order valence-corrected chi connectivity index (χ3v) is 7.68. The van der Waals surface area contributed by atoms with E-state index in [4.69, 9.17) is 21.1 Å². The zero-order valence-corrected chi connectivity index (χ0v) is 23.8. The Morgan fingerprint density at radius 3 is 2.30 bits per heavy atom. The molecule has 0 radical (unpaired) electrons. The lowest BCUT2D eigenvalue weighted by atomic mass is 9.98. The molecule has 0 saturated heterocycles. The number of rotatable bonds is 8. The van der Waals surface area contributed by atoms with E-state index in [1.807, 2.05) is 0 Å². The SMILES string of the molecule is COCn1ncccc1=NS(=O)(=O)c1ccc(Oc2ccc(-c3ccc(C(F)(F)F)cc3)cc2-c2ccnnc2)c(Cl)c1. The van der Waals surface area contributed by atoms with E-state index in [0.29, 0.717) is 28.0 Å². The van der Waals surface area contributed by atoms with E-state index in [1.165, 1.54) is 66.8 Å². The first kappa shape index (κ1) is 29.9. The first-order valence-corrected chi connectivity index (χ1v) is 14.3. The molecule has 0 N–H and O–H groups in total. The van der Waals surface area contributed by atoms with Crippen LogP contribution in [-0.2, 0) is 27.7 Å². The van der Waals surface area contributed by atoms with Crippen molar-refractivity contribution < 1.29 is 31.1 Å². The molecule has 0 aliphatic carbocycles. The molecule has 0 bridgehead atoms. The quantitative estimate of drug-likeness (QED) is 0.197. The molecular weight excluding hydrogens is 607 g/mol. The van der Waals surface area contributed by atoms with Gasteiger partial charge in [0.2, 0.25) is 0 Å². The summed E-state index contributed by atoms with van der Waals surface area (Å²) in [6.07, 6.45) is 0.0153. The van der Waals surface area contributed by atoms with E-state index in [9.17, 15) is 21.6 Å². The average Bonchev–Trinajstić information content (AvgIpc) is 2.99. The molecule has 2 aromatic heterocycles. The van der Waals surface area contributed by atoms with E-state index in [1.54, 1.807) is 30.3 Å². The summed E-state index contributed by atoms with van der Waals surface area (Å²) in [5.41, 5.74) is 1.66. The Hall–Kier alpha value is -4.59. The Kier molecular flexibility index (Phi) is 8.57. The number of nitrogens with zero attached hydrogens (tertiary/aromatic N) is 5. The van der Waals surface area contributed by atoms with Gasteiger partial charge in [-0.25, -0.2) is 4.68 Å². The zero-order chi connectivity index (χ0) is 30.6. The fourth-order valence-electron chi connectivity index (χ4n) is 4.04. The van der Waals surface area contributed by atoms with E-state index < -0.39 is 21.8 Å². The Morgan fingerprint density at radius 1 is 0.884 bits per heavy atom. The number of methoxy groups -OCH3 is 1. The maximum atomic E-state index is 13.0. The number of sulfonamides is 1. The molecule has 0 aliphatic rings. The molecule has 5 rings (SSSR count). The van der Waals surface area contributed by atoms with Crippen LogP contribution in [0.3, 0.4) is 0 Å². The van der Waals surface area contributed by atoms with Crippen molar-refractivity contribution in [2.75, 3.05) is 7.11 Å². The van der Waals surface area contributed by atoms with E-state index >= 15 is 0 Å². The van der Waals surface area contributed by atoms with Crippen LogP contribution in [0.25, 0.3) is 22.3 Å². The minimum absolute atomic E-state index is 0.00199. The van der Waals surface area contributed by atoms with Crippen LogP contribution in [0.4, 0.5) is 13.2 Å². The van der Waals surface area contributed by atoms with Gasteiger partial charge < -0.3 is 9.47 Å². The monoisotopic (exact) mass is 627 g/mol. The van der Waals surface area contributed by atoms with Crippen molar-refractivity contribution in [2.45, 2.75) is 17.8 Å². The highest BCUT2D eigenvalue weighted by atomic mass is 35.5. The second kappa shape index (κ2) is 12.3. The van der Waals surface area contributed by atoms with E-state index in [-0.39, 0.29) is 27.9 Å². The molecule has 0 spiro atoms. The van der Waals surface area contributed by atoms with Gasteiger partial charge >= 0.3 is 6.18 Å². The van der Waals surface area contributed by atoms with Crippen molar-refractivity contribution in [1.82, 2.24) is 20.0 Å². The standard InChI is InChI=1S/C29H21ClF3N5O4S/c1-41-18-38-28(3-2-13-36-38)37-43(39,40)23-9-11-27(25(30)16-23)42-26-10-6-20(15-24(26)21-12-14-34-35-17-21)19-4-7-22(8-5-19)29(31,32)33/h2-17H,18H2,1H3. The summed E-state index contributed by atoms with van der Waals surface area (Å²) in [6.45, 7) is -0.00425. The summed E-state index contributed by atoms with van der Waals surface area (Å²) < 4.78 is 81.5. The third kappa shape index (κ3) is 6.91. The number of hydrogen-bond donors (Lipinski definition) is 0. The normalized spacial score (nSPS) is 12.3. The van der Waals surface area contributed by atoms with Crippen molar-refractivity contribution in [3.05, 3.63) is 114 Å². The molecule has 3 aromatic carbocycles. The van der Waals surface area contributed by atoms with Crippen LogP contribution in [0.15, 0.2) is 107 Å². The Labute approximate surface area is 248 Å². The highest BCUT2D eigenvalue weighted by Crippen LogP contribution is 2.39. The molecule has 0 unspecified atom stereocenters. The summed E-state index contributed by atoms with van der Waals surface area (Å²) in [5.74, 6) is 0.490. The first-order valence-electron chi connectivity index (χ1n) is 12.4. The molecule has 0 fully saturated rings. The van der Waals surface area contributed by atoms with Crippen LogP contribution in [-0.4, -0.2) is 35.5 Å². The lowest BCUT2D eigenvalue weighted by Gasteiger charge is -2.15. The molecule has 220 valence electrons. The molecule has 0 aliphatic heterocycles. The Bertz CT molecular complexity index is 1940. The number of aromatic nitrogens is 4. The topological polar surface area (TPSA) is 109 Å². The number of alkyl halides is 3. The maximum Gasteiger partial charge on any atom is 0.416 e. The second-order valence-corrected chi connectivity index (χ2v) is 11.0. The highest BCUT2D eigenvalue weighted by Gasteiger charge is 2.30. The molecule has 0 amide bonds. The van der Waals surface area contributed by atoms with Gasteiger partial charge in [-0.05, 0) is 71.8 Å². The van der Waals surface area contributed by atoms with Crippen molar-refractivity contribution in [1.29, 1.82) is 0 Å². The van der Waals surface area contributed by atoms with Crippen LogP contribution in [0.1, 0.15) is 5.56 Å². The second-order valence-electron chi connectivity index (χ2n) is 8.98. The van der Waals surface area contributed by atoms with Crippen LogP contribution in [0.2, 0.25) is 5.02 Å². The van der Waals surface area contributed by atoms with Crippen molar-refractivity contribution in [3.63, 3.8) is 0 Å². The molecule has 0 atom stereocenters. The van der Waals surface area contributed by atoms with Gasteiger partial charge in [0, 0.05) is 24.4 Å². The smallest absolute Gasteiger partial charge is 0.416 e. The fourth-order valence-corrected chi connectivity index (χ4v) is 5.33. The predicted molar refractivity (Wildman–Crippen MR) is 151 cm³/mol. The summed E-state index contributed by atoms with van der Waals surface area (Å²) in [6, 6.07) is 18.5. The van der Waals surface area contributed by atoms with E-state index in [0.717, 1.165) is 12.1 Å². The van der Waals surface area contributed by atoms with Gasteiger partial charge in [-0.3, -0.25) is 0 Å². The molecule has 14 heteroatoms. The van der Waals surface area contributed by atoms with Crippen molar-refractivity contribution in [2.24, 2.45) is 4.40 Å². The number of halogens is 4. The summed E-state index contributed by atoms with van der Waals surface area (Å²) in [7, 11) is -2.74. The third-order valence-electron chi connectivity index (χ3n) is 6.11. The lowest BCUT2D eigenvalue weighted by Crippen LogP contribution is -2.25. The van der Waals surface area contributed by atoms with Crippen LogP contribution in [0, 0.1) is 0 Å². The van der Waals surface area contributed by atoms with Crippen LogP contribution >= 0.6 is 11.6 Å². The molecule has 2 heterocycles. The maximum absolute atomic E-state index is 13.0. The summed E-state index contributed by atoms with van der Waals surface area (Å²) in [5, 5.41) is 11.7. The largest absolute Gasteiger partial charge is 0.455 e.